The minimum atomic E-state index is -2.55. The molecule has 1 aliphatic carbocycles. The monoisotopic (exact) mass is 322 g/mol. The molecule has 2 heterocycles. The van der Waals surface area contributed by atoms with Crippen LogP contribution in [-0.2, 0) is 6.61 Å². The summed E-state index contributed by atoms with van der Waals surface area (Å²) in [5.41, 5.74) is 1.57. The Balaban J connectivity index is 1.79. The molecule has 1 saturated carbocycles. The molecule has 0 saturated heterocycles. The summed E-state index contributed by atoms with van der Waals surface area (Å²) in [5.74, 6) is -1.38. The maximum Gasteiger partial charge on any atom is 0.248 e. The predicted molar refractivity (Wildman–Crippen MR) is 82.8 cm³/mol. The van der Waals surface area contributed by atoms with Crippen LogP contribution in [0.5, 0.6) is 0 Å². The standard InChI is InChI=1S/C16H20F2N4O/c1-11-4-7-22(21-11)15-9-12(10-23)8-14(20-15)19-13-2-5-16(17,18)6-3-13/h4,7-9,13,23H,2-3,5-6,10H2,1H3,(H,19,20). The third-order valence-electron chi connectivity index (χ3n) is 4.08. The molecule has 3 rings (SSSR count). The summed E-state index contributed by atoms with van der Waals surface area (Å²) in [6.07, 6.45) is 2.41. The molecular weight excluding hydrogens is 302 g/mol. The number of aliphatic hydroxyl groups excluding tert-OH is 1. The van der Waals surface area contributed by atoms with Gasteiger partial charge in [-0.05, 0) is 43.5 Å². The minimum absolute atomic E-state index is 0.0247. The molecule has 0 aromatic carbocycles. The Kier molecular flexibility index (Phi) is 4.30. The molecule has 0 spiro atoms. The summed E-state index contributed by atoms with van der Waals surface area (Å²) in [7, 11) is 0. The van der Waals surface area contributed by atoms with Crippen molar-refractivity contribution in [3.05, 3.63) is 35.7 Å². The lowest BCUT2D eigenvalue weighted by molar-refractivity contribution is -0.0361. The van der Waals surface area contributed by atoms with Gasteiger partial charge in [-0.2, -0.15) is 5.10 Å². The van der Waals surface area contributed by atoms with E-state index in [1.54, 1.807) is 23.0 Å². The van der Waals surface area contributed by atoms with Crippen LogP contribution in [0.15, 0.2) is 24.4 Å². The van der Waals surface area contributed by atoms with Crippen molar-refractivity contribution >= 4 is 5.82 Å². The Morgan fingerprint density at radius 3 is 2.70 bits per heavy atom. The van der Waals surface area contributed by atoms with E-state index in [9.17, 15) is 13.9 Å². The molecule has 5 nitrogen and oxygen atoms in total. The number of hydrogen-bond donors (Lipinski definition) is 2. The largest absolute Gasteiger partial charge is 0.392 e. The molecule has 2 aromatic rings. The quantitative estimate of drug-likeness (QED) is 0.908. The van der Waals surface area contributed by atoms with Gasteiger partial charge in [-0.25, -0.2) is 18.4 Å². The Bertz CT molecular complexity index is 676. The molecule has 2 aromatic heterocycles. The molecule has 0 bridgehead atoms. The van der Waals surface area contributed by atoms with Gasteiger partial charge in [0, 0.05) is 25.1 Å². The second-order valence-corrected chi connectivity index (χ2v) is 6.05. The lowest BCUT2D eigenvalue weighted by Crippen LogP contribution is -2.32. The lowest BCUT2D eigenvalue weighted by atomic mass is 9.92. The number of aromatic nitrogens is 3. The number of halogens is 2. The number of anilines is 1. The van der Waals surface area contributed by atoms with E-state index in [2.05, 4.69) is 15.4 Å². The van der Waals surface area contributed by atoms with E-state index in [0.29, 0.717) is 30.0 Å². The van der Waals surface area contributed by atoms with Crippen LogP contribution < -0.4 is 5.32 Å². The Hall–Kier alpha value is -2.02. The van der Waals surface area contributed by atoms with Crippen LogP contribution >= 0.6 is 0 Å². The average molecular weight is 322 g/mol. The van der Waals surface area contributed by atoms with Gasteiger partial charge in [-0.1, -0.05) is 0 Å². The van der Waals surface area contributed by atoms with Crippen molar-refractivity contribution in [3.8, 4) is 5.82 Å². The first kappa shape index (κ1) is 15.9. The summed E-state index contributed by atoms with van der Waals surface area (Å²) in [6, 6.07) is 5.34. The number of hydrogen-bond acceptors (Lipinski definition) is 4. The minimum Gasteiger partial charge on any atom is -0.392 e. The van der Waals surface area contributed by atoms with Crippen molar-refractivity contribution in [2.45, 2.75) is 51.2 Å². The van der Waals surface area contributed by atoms with Gasteiger partial charge in [0.2, 0.25) is 5.92 Å². The van der Waals surface area contributed by atoms with E-state index in [-0.39, 0.29) is 25.5 Å². The fourth-order valence-corrected chi connectivity index (χ4v) is 2.79. The number of rotatable bonds is 4. The fraction of sp³-hybridized carbons (Fsp3) is 0.500. The van der Waals surface area contributed by atoms with Gasteiger partial charge in [-0.3, -0.25) is 0 Å². The van der Waals surface area contributed by atoms with Crippen molar-refractivity contribution in [1.29, 1.82) is 0 Å². The van der Waals surface area contributed by atoms with Crippen LogP contribution in [0.2, 0.25) is 0 Å². The van der Waals surface area contributed by atoms with E-state index in [1.165, 1.54) is 0 Å². The van der Waals surface area contributed by atoms with Gasteiger partial charge in [0.25, 0.3) is 0 Å². The highest BCUT2D eigenvalue weighted by molar-refractivity contribution is 5.44. The van der Waals surface area contributed by atoms with Gasteiger partial charge in [0.15, 0.2) is 5.82 Å². The maximum atomic E-state index is 13.2. The van der Waals surface area contributed by atoms with E-state index in [4.69, 9.17) is 0 Å². The number of aryl methyl sites for hydroxylation is 1. The molecule has 1 fully saturated rings. The zero-order chi connectivity index (χ0) is 16.4. The molecule has 0 amide bonds. The highest BCUT2D eigenvalue weighted by Crippen LogP contribution is 2.34. The summed E-state index contributed by atoms with van der Waals surface area (Å²) < 4.78 is 28.1. The van der Waals surface area contributed by atoms with Crippen molar-refractivity contribution in [3.63, 3.8) is 0 Å². The van der Waals surface area contributed by atoms with Crippen molar-refractivity contribution < 1.29 is 13.9 Å². The first-order valence-corrected chi connectivity index (χ1v) is 7.74. The Labute approximate surface area is 133 Å². The zero-order valence-electron chi connectivity index (χ0n) is 13.0. The highest BCUT2D eigenvalue weighted by atomic mass is 19.3. The van der Waals surface area contributed by atoms with Gasteiger partial charge in [0.1, 0.15) is 5.82 Å². The normalized spacial score (nSPS) is 18.1. The molecule has 1 aliphatic rings. The van der Waals surface area contributed by atoms with Crippen LogP contribution in [-0.4, -0.2) is 31.8 Å². The van der Waals surface area contributed by atoms with Gasteiger partial charge >= 0.3 is 0 Å². The average Bonchev–Trinajstić information content (AvgIpc) is 2.96. The molecule has 0 atom stereocenters. The smallest absolute Gasteiger partial charge is 0.248 e. The van der Waals surface area contributed by atoms with E-state index in [0.717, 1.165) is 5.69 Å². The molecule has 124 valence electrons. The lowest BCUT2D eigenvalue weighted by Gasteiger charge is -2.29. The Morgan fingerprint density at radius 1 is 1.35 bits per heavy atom. The summed E-state index contributed by atoms with van der Waals surface area (Å²) >= 11 is 0. The third-order valence-corrected chi connectivity index (χ3v) is 4.08. The zero-order valence-corrected chi connectivity index (χ0v) is 13.0. The molecule has 0 unspecified atom stereocenters. The summed E-state index contributed by atoms with van der Waals surface area (Å²) in [6.45, 7) is 1.76. The molecular formula is C16H20F2N4O. The number of pyridine rings is 1. The fourth-order valence-electron chi connectivity index (χ4n) is 2.79. The second kappa shape index (κ2) is 6.23. The highest BCUT2D eigenvalue weighted by Gasteiger charge is 2.34. The number of nitrogens with one attached hydrogen (secondary N) is 1. The van der Waals surface area contributed by atoms with Crippen LogP contribution in [0.3, 0.4) is 0 Å². The topological polar surface area (TPSA) is 63.0 Å². The van der Waals surface area contributed by atoms with Crippen LogP contribution in [0.1, 0.15) is 36.9 Å². The number of aliphatic hydroxyl groups is 1. The van der Waals surface area contributed by atoms with Crippen LogP contribution in [0, 0.1) is 6.92 Å². The van der Waals surface area contributed by atoms with E-state index in [1.807, 2.05) is 13.0 Å². The van der Waals surface area contributed by atoms with Crippen molar-refractivity contribution in [1.82, 2.24) is 14.8 Å². The van der Waals surface area contributed by atoms with E-state index >= 15 is 0 Å². The van der Waals surface area contributed by atoms with Crippen molar-refractivity contribution in [2.24, 2.45) is 0 Å². The first-order valence-electron chi connectivity index (χ1n) is 7.74. The van der Waals surface area contributed by atoms with Gasteiger partial charge < -0.3 is 10.4 Å². The molecule has 23 heavy (non-hydrogen) atoms. The molecule has 2 N–H and O–H groups in total. The SMILES string of the molecule is Cc1ccn(-c2cc(CO)cc(NC3CCC(F)(F)CC3)n2)n1. The van der Waals surface area contributed by atoms with Crippen molar-refractivity contribution in [2.75, 3.05) is 5.32 Å². The third kappa shape index (κ3) is 3.85. The van der Waals surface area contributed by atoms with Crippen LogP contribution in [0.25, 0.3) is 5.82 Å². The summed E-state index contributed by atoms with van der Waals surface area (Å²) in [4.78, 5) is 4.49. The van der Waals surface area contributed by atoms with E-state index < -0.39 is 5.92 Å². The van der Waals surface area contributed by atoms with Gasteiger partial charge in [-0.15, -0.1) is 0 Å². The number of nitrogens with zero attached hydrogens (tertiary/aromatic N) is 3. The molecule has 0 aliphatic heterocycles. The Morgan fingerprint density at radius 2 is 2.09 bits per heavy atom. The molecule has 0 radical (unpaired) electrons. The summed E-state index contributed by atoms with van der Waals surface area (Å²) in [5, 5.41) is 17.0. The maximum absolute atomic E-state index is 13.2. The first-order chi connectivity index (χ1) is 10.9. The van der Waals surface area contributed by atoms with Gasteiger partial charge in [0.05, 0.1) is 12.3 Å². The second-order valence-electron chi connectivity index (χ2n) is 6.05. The number of alkyl halides is 2. The predicted octanol–water partition coefficient (Wildman–Crippen LogP) is 3.06. The molecule has 7 heteroatoms. The van der Waals surface area contributed by atoms with Crippen LogP contribution in [0.4, 0.5) is 14.6 Å².